The normalized spacial score (nSPS) is 19.5. The zero-order chi connectivity index (χ0) is 13.8. The Bertz CT molecular complexity index is 445. The van der Waals surface area contributed by atoms with Crippen LogP contribution in [0.15, 0.2) is 18.3 Å². The maximum absolute atomic E-state index is 11.6. The molecule has 0 unspecified atom stereocenters. The summed E-state index contributed by atoms with van der Waals surface area (Å²) in [6, 6.07) is 4.17. The van der Waals surface area contributed by atoms with Crippen molar-refractivity contribution in [3.05, 3.63) is 23.9 Å². The van der Waals surface area contributed by atoms with Crippen LogP contribution in [0.25, 0.3) is 0 Å². The van der Waals surface area contributed by atoms with E-state index in [2.05, 4.69) is 27.3 Å². The number of rotatable bonds is 4. The van der Waals surface area contributed by atoms with Crippen LogP contribution in [0.1, 0.15) is 44.1 Å². The molecule has 20 heavy (non-hydrogen) atoms. The summed E-state index contributed by atoms with van der Waals surface area (Å²) in [4.78, 5) is 18.5. The smallest absolute Gasteiger partial charge is 0.223 e. The first-order valence-electron chi connectivity index (χ1n) is 7.80. The van der Waals surface area contributed by atoms with Gasteiger partial charge in [-0.15, -0.1) is 0 Å². The third-order valence-corrected chi connectivity index (χ3v) is 4.15. The lowest BCUT2D eigenvalue weighted by molar-refractivity contribution is -0.122. The number of amides is 1. The van der Waals surface area contributed by atoms with Gasteiger partial charge in [0.15, 0.2) is 0 Å². The first-order chi connectivity index (χ1) is 9.83. The zero-order valence-electron chi connectivity index (χ0n) is 12.0. The molecule has 1 saturated carbocycles. The van der Waals surface area contributed by atoms with Gasteiger partial charge in [0.1, 0.15) is 5.82 Å². The molecule has 2 heterocycles. The van der Waals surface area contributed by atoms with E-state index in [0.717, 1.165) is 37.3 Å². The number of carbonyl (C=O) groups is 1. The molecule has 1 saturated heterocycles. The van der Waals surface area contributed by atoms with Gasteiger partial charge in [-0.25, -0.2) is 4.98 Å². The van der Waals surface area contributed by atoms with Crippen molar-refractivity contribution < 1.29 is 4.79 Å². The molecule has 1 aromatic rings. The predicted octanol–water partition coefficient (Wildman–Crippen LogP) is 2.49. The van der Waals surface area contributed by atoms with Gasteiger partial charge in [-0.05, 0) is 37.3 Å². The van der Waals surface area contributed by atoms with E-state index in [1.54, 1.807) is 0 Å². The van der Waals surface area contributed by atoms with Crippen molar-refractivity contribution in [1.82, 2.24) is 10.3 Å². The minimum absolute atomic E-state index is 0.196. The fourth-order valence-electron chi connectivity index (χ4n) is 2.69. The van der Waals surface area contributed by atoms with E-state index in [1.165, 1.54) is 25.7 Å². The van der Waals surface area contributed by atoms with Gasteiger partial charge in [-0.1, -0.05) is 18.9 Å². The number of carbonyl (C=O) groups excluding carboxylic acids is 1. The molecule has 2 fully saturated rings. The Balaban J connectivity index is 1.54. The van der Waals surface area contributed by atoms with Crippen LogP contribution in [0, 0.1) is 5.92 Å². The van der Waals surface area contributed by atoms with Crippen LogP contribution < -0.4 is 10.2 Å². The summed E-state index contributed by atoms with van der Waals surface area (Å²) in [6.07, 6.45) is 9.20. The van der Waals surface area contributed by atoms with Crippen molar-refractivity contribution >= 4 is 11.7 Å². The summed E-state index contributed by atoms with van der Waals surface area (Å²) >= 11 is 0. The van der Waals surface area contributed by atoms with Crippen LogP contribution in [-0.4, -0.2) is 24.0 Å². The van der Waals surface area contributed by atoms with Crippen LogP contribution in [-0.2, 0) is 11.3 Å². The molecule has 108 valence electrons. The molecule has 1 N–H and O–H groups in total. The first-order valence-corrected chi connectivity index (χ1v) is 7.80. The molecule has 0 atom stereocenters. The number of hydrogen-bond acceptors (Lipinski definition) is 3. The predicted molar refractivity (Wildman–Crippen MR) is 79.5 cm³/mol. The summed E-state index contributed by atoms with van der Waals surface area (Å²) in [5.74, 6) is 1.55. The molecule has 0 bridgehead atoms. The second-order valence-electron chi connectivity index (χ2n) is 5.92. The third kappa shape index (κ3) is 3.50. The van der Waals surface area contributed by atoms with E-state index in [4.69, 9.17) is 0 Å². The molecule has 2 aliphatic rings. The maximum Gasteiger partial charge on any atom is 0.223 e. The van der Waals surface area contributed by atoms with E-state index in [0.29, 0.717) is 6.54 Å². The van der Waals surface area contributed by atoms with E-state index < -0.39 is 0 Å². The highest BCUT2D eigenvalue weighted by atomic mass is 16.2. The van der Waals surface area contributed by atoms with Crippen LogP contribution in [0.4, 0.5) is 5.82 Å². The standard InChI is InChI=1S/C16H23N3O/c20-16(14-6-7-14)18-12-13-5-8-15(17-11-13)19-9-3-1-2-4-10-19/h5,8,11,14H,1-4,6-7,9-10,12H2,(H,18,20). The number of nitrogens with zero attached hydrogens (tertiary/aromatic N) is 2. The SMILES string of the molecule is O=C(NCc1ccc(N2CCCCCC2)nc1)C1CC1. The van der Waals surface area contributed by atoms with E-state index >= 15 is 0 Å². The molecule has 0 aromatic carbocycles. The Morgan fingerprint density at radius 1 is 1.20 bits per heavy atom. The van der Waals surface area contributed by atoms with E-state index in [-0.39, 0.29) is 11.8 Å². The zero-order valence-corrected chi connectivity index (χ0v) is 12.0. The van der Waals surface area contributed by atoms with Crippen molar-refractivity contribution in [2.75, 3.05) is 18.0 Å². The average Bonchev–Trinajstić information content (AvgIpc) is 3.31. The molecule has 1 aliphatic carbocycles. The van der Waals surface area contributed by atoms with Gasteiger partial charge < -0.3 is 10.2 Å². The van der Waals surface area contributed by atoms with Gasteiger partial charge in [-0.2, -0.15) is 0 Å². The first kappa shape index (κ1) is 13.4. The summed E-state index contributed by atoms with van der Waals surface area (Å²) in [5.41, 5.74) is 1.08. The topological polar surface area (TPSA) is 45.2 Å². The van der Waals surface area contributed by atoms with Crippen molar-refractivity contribution in [2.45, 2.75) is 45.1 Å². The van der Waals surface area contributed by atoms with Crippen LogP contribution in [0.3, 0.4) is 0 Å². The Morgan fingerprint density at radius 2 is 1.95 bits per heavy atom. The molecule has 1 aliphatic heterocycles. The molecule has 1 aromatic heterocycles. The Labute approximate surface area is 120 Å². The summed E-state index contributed by atoms with van der Waals surface area (Å²) < 4.78 is 0. The highest BCUT2D eigenvalue weighted by Crippen LogP contribution is 2.28. The summed E-state index contributed by atoms with van der Waals surface area (Å²) in [7, 11) is 0. The lowest BCUT2D eigenvalue weighted by Gasteiger charge is -2.21. The lowest BCUT2D eigenvalue weighted by Crippen LogP contribution is -2.26. The second kappa shape index (κ2) is 6.25. The van der Waals surface area contributed by atoms with Gasteiger partial charge in [0.05, 0.1) is 0 Å². The summed E-state index contributed by atoms with van der Waals surface area (Å²) in [5, 5.41) is 2.98. The third-order valence-electron chi connectivity index (χ3n) is 4.15. The lowest BCUT2D eigenvalue weighted by atomic mass is 10.2. The Morgan fingerprint density at radius 3 is 2.55 bits per heavy atom. The van der Waals surface area contributed by atoms with E-state index in [9.17, 15) is 4.79 Å². The van der Waals surface area contributed by atoms with Gasteiger partial charge in [0, 0.05) is 31.7 Å². The van der Waals surface area contributed by atoms with Crippen molar-refractivity contribution in [2.24, 2.45) is 5.92 Å². The van der Waals surface area contributed by atoms with Crippen molar-refractivity contribution in [1.29, 1.82) is 0 Å². The van der Waals surface area contributed by atoms with Crippen LogP contribution in [0.2, 0.25) is 0 Å². The largest absolute Gasteiger partial charge is 0.357 e. The number of aromatic nitrogens is 1. The maximum atomic E-state index is 11.6. The van der Waals surface area contributed by atoms with Gasteiger partial charge in [-0.3, -0.25) is 4.79 Å². The van der Waals surface area contributed by atoms with Gasteiger partial charge in [0.2, 0.25) is 5.91 Å². The number of nitrogens with one attached hydrogen (secondary N) is 1. The highest BCUT2D eigenvalue weighted by Gasteiger charge is 2.29. The van der Waals surface area contributed by atoms with Gasteiger partial charge >= 0.3 is 0 Å². The fraction of sp³-hybridized carbons (Fsp3) is 0.625. The molecule has 0 radical (unpaired) electrons. The second-order valence-corrected chi connectivity index (χ2v) is 5.92. The average molecular weight is 273 g/mol. The van der Waals surface area contributed by atoms with Crippen LogP contribution in [0.5, 0.6) is 0 Å². The van der Waals surface area contributed by atoms with E-state index in [1.807, 2.05) is 6.20 Å². The monoisotopic (exact) mass is 273 g/mol. The molecular weight excluding hydrogens is 250 g/mol. The molecule has 4 heteroatoms. The molecule has 1 amide bonds. The summed E-state index contributed by atoms with van der Waals surface area (Å²) in [6.45, 7) is 2.83. The Hall–Kier alpha value is -1.58. The minimum atomic E-state index is 0.196. The van der Waals surface area contributed by atoms with Crippen molar-refractivity contribution in [3.63, 3.8) is 0 Å². The quantitative estimate of drug-likeness (QED) is 0.916. The highest BCUT2D eigenvalue weighted by molar-refractivity contribution is 5.80. The number of hydrogen-bond donors (Lipinski definition) is 1. The molecule has 3 rings (SSSR count). The molecule has 0 spiro atoms. The number of pyridine rings is 1. The Kier molecular flexibility index (Phi) is 4.19. The minimum Gasteiger partial charge on any atom is -0.357 e. The van der Waals surface area contributed by atoms with Crippen LogP contribution >= 0.6 is 0 Å². The molecular formula is C16H23N3O. The molecule has 4 nitrogen and oxygen atoms in total. The number of anilines is 1. The van der Waals surface area contributed by atoms with Crippen molar-refractivity contribution in [3.8, 4) is 0 Å². The van der Waals surface area contributed by atoms with Gasteiger partial charge in [0.25, 0.3) is 0 Å². The fourth-order valence-corrected chi connectivity index (χ4v) is 2.69.